The molecule has 1 amide bonds. The minimum atomic E-state index is -0.104. The standard InChI is InChI=1S/C22H23NO3/c1-25-20-11-8-17(9-12-20)5-4-14-23-22(24)16-26-21-13-10-18-6-2-3-7-19(18)15-21/h2-3,6-13,15H,4-5,14,16H2,1H3,(H,23,24). The van der Waals surface area contributed by atoms with Gasteiger partial charge in [-0.1, -0.05) is 42.5 Å². The number of amides is 1. The van der Waals surface area contributed by atoms with Gasteiger partial charge >= 0.3 is 0 Å². The molecule has 3 aromatic rings. The summed E-state index contributed by atoms with van der Waals surface area (Å²) in [5, 5.41) is 5.15. The number of methoxy groups -OCH3 is 1. The van der Waals surface area contributed by atoms with Crippen molar-refractivity contribution in [3.05, 3.63) is 72.3 Å². The Labute approximate surface area is 153 Å². The van der Waals surface area contributed by atoms with Crippen LogP contribution < -0.4 is 14.8 Å². The van der Waals surface area contributed by atoms with E-state index < -0.39 is 0 Å². The maximum atomic E-state index is 11.9. The zero-order valence-electron chi connectivity index (χ0n) is 14.9. The molecule has 0 saturated carbocycles. The molecule has 0 unspecified atom stereocenters. The number of nitrogens with one attached hydrogen (secondary N) is 1. The summed E-state index contributed by atoms with van der Waals surface area (Å²) in [7, 11) is 1.66. The average molecular weight is 349 g/mol. The average Bonchev–Trinajstić information content (AvgIpc) is 2.70. The summed E-state index contributed by atoms with van der Waals surface area (Å²) < 4.78 is 10.7. The van der Waals surface area contributed by atoms with Gasteiger partial charge in [-0.05, 0) is 53.4 Å². The van der Waals surface area contributed by atoms with E-state index in [1.165, 1.54) is 5.56 Å². The smallest absolute Gasteiger partial charge is 0.257 e. The van der Waals surface area contributed by atoms with Crippen LogP contribution >= 0.6 is 0 Å². The molecule has 0 heterocycles. The molecule has 4 heteroatoms. The van der Waals surface area contributed by atoms with Crippen LogP contribution in [0.4, 0.5) is 0 Å². The number of hydrogen-bond acceptors (Lipinski definition) is 3. The molecule has 0 radical (unpaired) electrons. The topological polar surface area (TPSA) is 47.6 Å². The van der Waals surface area contributed by atoms with Crippen molar-refractivity contribution in [3.63, 3.8) is 0 Å². The van der Waals surface area contributed by atoms with Crippen molar-refractivity contribution in [2.75, 3.05) is 20.3 Å². The van der Waals surface area contributed by atoms with Crippen LogP contribution in [0.15, 0.2) is 66.7 Å². The van der Waals surface area contributed by atoms with Crippen LogP contribution in [0, 0.1) is 0 Å². The highest BCUT2D eigenvalue weighted by Gasteiger charge is 2.03. The molecule has 0 atom stereocenters. The highest BCUT2D eigenvalue weighted by Crippen LogP contribution is 2.20. The van der Waals surface area contributed by atoms with Gasteiger partial charge in [0.2, 0.25) is 0 Å². The van der Waals surface area contributed by atoms with E-state index in [9.17, 15) is 4.79 Å². The zero-order valence-corrected chi connectivity index (χ0v) is 14.9. The highest BCUT2D eigenvalue weighted by atomic mass is 16.5. The Bertz CT molecular complexity index is 859. The first-order chi connectivity index (χ1) is 12.7. The summed E-state index contributed by atoms with van der Waals surface area (Å²) in [5.41, 5.74) is 1.23. The van der Waals surface area contributed by atoms with E-state index in [-0.39, 0.29) is 12.5 Å². The first-order valence-corrected chi connectivity index (χ1v) is 8.76. The SMILES string of the molecule is COc1ccc(CCCNC(=O)COc2ccc3ccccc3c2)cc1. The minimum absolute atomic E-state index is 0.0286. The summed E-state index contributed by atoms with van der Waals surface area (Å²) >= 11 is 0. The number of hydrogen-bond donors (Lipinski definition) is 1. The third kappa shape index (κ3) is 4.99. The van der Waals surface area contributed by atoms with Crippen LogP contribution in [-0.2, 0) is 11.2 Å². The maximum Gasteiger partial charge on any atom is 0.257 e. The van der Waals surface area contributed by atoms with Gasteiger partial charge in [0.25, 0.3) is 5.91 Å². The maximum absolute atomic E-state index is 11.9. The largest absolute Gasteiger partial charge is 0.497 e. The number of carbonyl (C=O) groups is 1. The van der Waals surface area contributed by atoms with Crippen LogP contribution in [0.2, 0.25) is 0 Å². The number of benzene rings is 3. The summed E-state index contributed by atoms with van der Waals surface area (Å²) in [6.07, 6.45) is 1.80. The van der Waals surface area contributed by atoms with Gasteiger partial charge in [-0.15, -0.1) is 0 Å². The van der Waals surface area contributed by atoms with Gasteiger partial charge in [-0.3, -0.25) is 4.79 Å². The predicted octanol–water partition coefficient (Wildman–Crippen LogP) is 3.98. The lowest BCUT2D eigenvalue weighted by atomic mass is 10.1. The Hall–Kier alpha value is -3.01. The van der Waals surface area contributed by atoms with Crippen LogP contribution in [0.3, 0.4) is 0 Å². The molecule has 0 bridgehead atoms. The Morgan fingerprint density at radius 3 is 2.42 bits per heavy atom. The first kappa shape index (κ1) is 17.8. The second kappa shape index (κ2) is 8.90. The van der Waals surface area contributed by atoms with Crippen molar-refractivity contribution in [1.82, 2.24) is 5.32 Å². The minimum Gasteiger partial charge on any atom is -0.497 e. The Morgan fingerprint density at radius 1 is 0.923 bits per heavy atom. The van der Waals surface area contributed by atoms with Crippen molar-refractivity contribution >= 4 is 16.7 Å². The molecule has 3 aromatic carbocycles. The third-order valence-electron chi connectivity index (χ3n) is 4.21. The van der Waals surface area contributed by atoms with Crippen molar-refractivity contribution in [2.45, 2.75) is 12.8 Å². The molecule has 0 aliphatic heterocycles. The van der Waals surface area contributed by atoms with Gasteiger partial charge in [0.15, 0.2) is 6.61 Å². The Balaban J connectivity index is 1.38. The summed E-state index contributed by atoms with van der Waals surface area (Å²) in [6.45, 7) is 0.660. The number of ether oxygens (including phenoxy) is 2. The van der Waals surface area contributed by atoms with Gasteiger partial charge in [0.1, 0.15) is 11.5 Å². The van der Waals surface area contributed by atoms with E-state index >= 15 is 0 Å². The number of fused-ring (bicyclic) bond motifs is 1. The second-order valence-electron chi connectivity index (χ2n) is 6.10. The van der Waals surface area contributed by atoms with E-state index in [2.05, 4.69) is 11.4 Å². The van der Waals surface area contributed by atoms with Crippen molar-refractivity contribution in [3.8, 4) is 11.5 Å². The summed E-state index contributed by atoms with van der Waals surface area (Å²) in [4.78, 5) is 11.9. The molecule has 1 N–H and O–H groups in total. The molecule has 0 spiro atoms. The predicted molar refractivity (Wildman–Crippen MR) is 104 cm³/mol. The lowest BCUT2D eigenvalue weighted by Crippen LogP contribution is -2.29. The molecule has 0 aliphatic rings. The quantitative estimate of drug-likeness (QED) is 0.626. The van der Waals surface area contributed by atoms with Crippen molar-refractivity contribution in [1.29, 1.82) is 0 Å². The number of aryl methyl sites for hydroxylation is 1. The number of carbonyl (C=O) groups excluding carboxylic acids is 1. The Morgan fingerprint density at radius 2 is 1.65 bits per heavy atom. The first-order valence-electron chi connectivity index (χ1n) is 8.76. The van der Waals surface area contributed by atoms with E-state index in [0.29, 0.717) is 12.3 Å². The van der Waals surface area contributed by atoms with E-state index in [1.54, 1.807) is 7.11 Å². The molecule has 0 saturated heterocycles. The molecule has 0 fully saturated rings. The molecular formula is C22H23NO3. The van der Waals surface area contributed by atoms with Gasteiger partial charge in [-0.25, -0.2) is 0 Å². The third-order valence-corrected chi connectivity index (χ3v) is 4.21. The molecule has 3 rings (SSSR count). The van der Waals surface area contributed by atoms with Crippen LogP contribution in [-0.4, -0.2) is 26.2 Å². The molecule has 4 nitrogen and oxygen atoms in total. The lowest BCUT2D eigenvalue weighted by Gasteiger charge is -2.08. The van der Waals surface area contributed by atoms with Gasteiger partial charge in [0.05, 0.1) is 7.11 Å². The fourth-order valence-electron chi connectivity index (χ4n) is 2.77. The number of rotatable bonds is 8. The van der Waals surface area contributed by atoms with E-state index in [0.717, 1.165) is 29.4 Å². The molecule has 0 aromatic heterocycles. The van der Waals surface area contributed by atoms with Gasteiger partial charge < -0.3 is 14.8 Å². The van der Waals surface area contributed by atoms with Crippen molar-refractivity contribution in [2.24, 2.45) is 0 Å². The Kier molecular flexibility index (Phi) is 6.09. The molecule has 0 aliphatic carbocycles. The molecular weight excluding hydrogens is 326 g/mol. The van der Waals surface area contributed by atoms with Crippen LogP contribution in [0.5, 0.6) is 11.5 Å². The monoisotopic (exact) mass is 349 g/mol. The molecule has 26 heavy (non-hydrogen) atoms. The summed E-state index contributed by atoms with van der Waals surface area (Å²) in [5.74, 6) is 1.46. The lowest BCUT2D eigenvalue weighted by molar-refractivity contribution is -0.123. The van der Waals surface area contributed by atoms with E-state index in [4.69, 9.17) is 9.47 Å². The van der Waals surface area contributed by atoms with E-state index in [1.807, 2.05) is 60.7 Å². The fraction of sp³-hybridized carbons (Fsp3) is 0.227. The highest BCUT2D eigenvalue weighted by molar-refractivity contribution is 5.84. The van der Waals surface area contributed by atoms with Gasteiger partial charge in [-0.2, -0.15) is 0 Å². The van der Waals surface area contributed by atoms with Crippen molar-refractivity contribution < 1.29 is 14.3 Å². The second-order valence-corrected chi connectivity index (χ2v) is 6.10. The van der Waals surface area contributed by atoms with Crippen LogP contribution in [0.25, 0.3) is 10.8 Å². The van der Waals surface area contributed by atoms with Crippen LogP contribution in [0.1, 0.15) is 12.0 Å². The van der Waals surface area contributed by atoms with Gasteiger partial charge in [0, 0.05) is 6.54 Å². The normalized spacial score (nSPS) is 10.5. The molecule has 134 valence electrons. The zero-order chi connectivity index (χ0) is 18.2. The fourth-order valence-corrected chi connectivity index (χ4v) is 2.77. The summed E-state index contributed by atoms with van der Waals surface area (Å²) in [6, 6.07) is 21.9.